The maximum Gasteiger partial charge on any atom is 0.0346 e. The molecule has 2 unspecified atom stereocenters. The molecule has 0 aliphatic carbocycles. The fourth-order valence-electron chi connectivity index (χ4n) is 2.90. The molecule has 0 bridgehead atoms. The van der Waals surface area contributed by atoms with E-state index in [9.17, 15) is 0 Å². The molecule has 0 amide bonds. The maximum atomic E-state index is 3.73. The van der Waals surface area contributed by atoms with E-state index in [0.29, 0.717) is 12.0 Å². The van der Waals surface area contributed by atoms with Crippen LogP contribution in [0.4, 0.5) is 0 Å². The predicted octanol–water partition coefficient (Wildman–Crippen LogP) is 5.36. The lowest BCUT2D eigenvalue weighted by Crippen LogP contribution is -2.27. The first-order valence-electron chi connectivity index (χ1n) is 8.40. The highest BCUT2D eigenvalue weighted by atomic mass is 14.9. The molecule has 0 saturated carbocycles. The first kappa shape index (κ1) is 17.2. The molecule has 114 valence electrons. The minimum absolute atomic E-state index is 0.503. The van der Waals surface area contributed by atoms with Crippen LogP contribution in [0.15, 0.2) is 24.3 Å². The van der Waals surface area contributed by atoms with Gasteiger partial charge < -0.3 is 5.32 Å². The van der Waals surface area contributed by atoms with Crippen LogP contribution >= 0.6 is 0 Å². The number of hydrogen-bond acceptors (Lipinski definition) is 1. The fraction of sp³-hybridized carbons (Fsp3) is 0.684. The summed E-state index contributed by atoms with van der Waals surface area (Å²) in [6.45, 7) is 12.6. The van der Waals surface area contributed by atoms with Crippen molar-refractivity contribution in [2.45, 2.75) is 66.3 Å². The summed E-state index contributed by atoms with van der Waals surface area (Å²) in [5.74, 6) is 1.43. The quantitative estimate of drug-likeness (QED) is 0.639. The van der Waals surface area contributed by atoms with Crippen LogP contribution in [0.25, 0.3) is 0 Å². The van der Waals surface area contributed by atoms with E-state index in [1.807, 2.05) is 0 Å². The summed E-state index contributed by atoms with van der Waals surface area (Å²) < 4.78 is 0. The number of hydrogen-bond donors (Lipinski definition) is 1. The first-order chi connectivity index (χ1) is 9.58. The Morgan fingerprint density at radius 3 is 2.10 bits per heavy atom. The minimum atomic E-state index is 0.503. The zero-order valence-electron chi connectivity index (χ0n) is 14.1. The molecule has 1 rings (SSSR count). The van der Waals surface area contributed by atoms with Crippen LogP contribution in [0, 0.1) is 11.8 Å². The van der Waals surface area contributed by atoms with Gasteiger partial charge in [-0.05, 0) is 48.8 Å². The zero-order chi connectivity index (χ0) is 15.0. The number of benzene rings is 1. The highest BCUT2D eigenvalue weighted by Gasteiger charge is 2.17. The SMILES string of the molecule is CCCNC(c1ccc(CC(C)C)cc1)C(C)CCC. The Morgan fingerprint density at radius 2 is 1.60 bits per heavy atom. The van der Waals surface area contributed by atoms with Crippen molar-refractivity contribution in [1.29, 1.82) is 0 Å². The Hall–Kier alpha value is -0.820. The molecule has 20 heavy (non-hydrogen) atoms. The highest BCUT2D eigenvalue weighted by Crippen LogP contribution is 2.26. The monoisotopic (exact) mass is 275 g/mol. The Bertz CT molecular complexity index is 353. The standard InChI is InChI=1S/C19H33N/c1-6-8-16(5)19(20-13-7-2)18-11-9-17(10-12-18)14-15(3)4/h9-12,15-16,19-20H,6-8,13-14H2,1-5H3. The Balaban J connectivity index is 2.78. The lowest BCUT2D eigenvalue weighted by atomic mass is 9.90. The summed E-state index contributed by atoms with van der Waals surface area (Å²) in [5, 5.41) is 3.73. The van der Waals surface area contributed by atoms with Gasteiger partial charge >= 0.3 is 0 Å². The van der Waals surface area contributed by atoms with E-state index in [1.54, 1.807) is 0 Å². The van der Waals surface area contributed by atoms with Gasteiger partial charge in [-0.3, -0.25) is 0 Å². The van der Waals surface area contributed by atoms with E-state index in [4.69, 9.17) is 0 Å². The first-order valence-corrected chi connectivity index (χ1v) is 8.40. The molecule has 1 N–H and O–H groups in total. The zero-order valence-corrected chi connectivity index (χ0v) is 14.1. The van der Waals surface area contributed by atoms with E-state index in [2.05, 4.69) is 64.2 Å². The molecule has 1 aromatic carbocycles. The second-order valence-corrected chi connectivity index (χ2v) is 6.54. The maximum absolute atomic E-state index is 3.73. The second kappa shape index (κ2) is 9.18. The average Bonchev–Trinajstić information content (AvgIpc) is 2.40. The molecule has 0 fully saturated rings. The minimum Gasteiger partial charge on any atom is -0.310 e. The van der Waals surface area contributed by atoms with Crippen LogP contribution in [0.2, 0.25) is 0 Å². The van der Waals surface area contributed by atoms with E-state index in [1.165, 1.54) is 36.8 Å². The van der Waals surface area contributed by atoms with Crippen molar-refractivity contribution < 1.29 is 0 Å². The van der Waals surface area contributed by atoms with Gasteiger partial charge in [0.25, 0.3) is 0 Å². The predicted molar refractivity (Wildman–Crippen MR) is 90.1 cm³/mol. The summed E-state index contributed by atoms with van der Waals surface area (Å²) >= 11 is 0. The van der Waals surface area contributed by atoms with Crippen molar-refractivity contribution >= 4 is 0 Å². The van der Waals surface area contributed by atoms with Crippen LogP contribution in [-0.4, -0.2) is 6.54 Å². The molecule has 0 heterocycles. The van der Waals surface area contributed by atoms with Crippen molar-refractivity contribution in [3.63, 3.8) is 0 Å². The summed E-state index contributed by atoms with van der Waals surface area (Å²) in [6, 6.07) is 9.79. The number of rotatable bonds is 9. The van der Waals surface area contributed by atoms with Crippen LogP contribution < -0.4 is 5.32 Å². The normalized spacial score (nSPS) is 14.5. The molecule has 0 spiro atoms. The average molecular weight is 275 g/mol. The third kappa shape index (κ3) is 5.66. The van der Waals surface area contributed by atoms with Crippen molar-refractivity contribution in [3.05, 3.63) is 35.4 Å². The van der Waals surface area contributed by atoms with Gasteiger partial charge in [0.1, 0.15) is 0 Å². The van der Waals surface area contributed by atoms with Gasteiger partial charge in [0.15, 0.2) is 0 Å². The van der Waals surface area contributed by atoms with E-state index in [0.717, 1.165) is 12.5 Å². The van der Waals surface area contributed by atoms with Gasteiger partial charge in [-0.2, -0.15) is 0 Å². The number of nitrogens with one attached hydrogen (secondary N) is 1. The molecule has 0 aliphatic rings. The van der Waals surface area contributed by atoms with Crippen LogP contribution in [0.5, 0.6) is 0 Å². The van der Waals surface area contributed by atoms with E-state index >= 15 is 0 Å². The summed E-state index contributed by atoms with van der Waals surface area (Å²) in [6.07, 6.45) is 4.92. The molecule has 0 radical (unpaired) electrons. The van der Waals surface area contributed by atoms with Crippen molar-refractivity contribution in [2.24, 2.45) is 11.8 Å². The van der Waals surface area contributed by atoms with Crippen LogP contribution in [-0.2, 0) is 6.42 Å². The van der Waals surface area contributed by atoms with Crippen LogP contribution in [0.3, 0.4) is 0 Å². The largest absolute Gasteiger partial charge is 0.310 e. The summed E-state index contributed by atoms with van der Waals surface area (Å²) in [5.41, 5.74) is 2.91. The molecular formula is C19H33N. The van der Waals surface area contributed by atoms with Crippen molar-refractivity contribution in [2.75, 3.05) is 6.54 Å². The lowest BCUT2D eigenvalue weighted by molar-refractivity contribution is 0.363. The molecule has 0 aliphatic heterocycles. The molecule has 0 saturated heterocycles. The van der Waals surface area contributed by atoms with Crippen molar-refractivity contribution in [3.8, 4) is 0 Å². The van der Waals surface area contributed by atoms with E-state index in [-0.39, 0.29) is 0 Å². The molecular weight excluding hydrogens is 242 g/mol. The van der Waals surface area contributed by atoms with Crippen LogP contribution in [0.1, 0.15) is 71.0 Å². The third-order valence-corrected chi connectivity index (χ3v) is 3.91. The Kier molecular flexibility index (Phi) is 7.91. The third-order valence-electron chi connectivity index (χ3n) is 3.91. The Labute approximate surface area is 126 Å². The molecule has 1 nitrogen and oxygen atoms in total. The lowest BCUT2D eigenvalue weighted by Gasteiger charge is -2.26. The Morgan fingerprint density at radius 1 is 0.950 bits per heavy atom. The van der Waals surface area contributed by atoms with Gasteiger partial charge in [0.05, 0.1) is 0 Å². The summed E-state index contributed by atoms with van der Waals surface area (Å²) in [7, 11) is 0. The topological polar surface area (TPSA) is 12.0 Å². The summed E-state index contributed by atoms with van der Waals surface area (Å²) in [4.78, 5) is 0. The van der Waals surface area contributed by atoms with E-state index < -0.39 is 0 Å². The smallest absolute Gasteiger partial charge is 0.0346 e. The van der Waals surface area contributed by atoms with Gasteiger partial charge in [0, 0.05) is 6.04 Å². The molecule has 1 heteroatoms. The van der Waals surface area contributed by atoms with Gasteiger partial charge in [0.2, 0.25) is 0 Å². The molecule has 2 atom stereocenters. The van der Waals surface area contributed by atoms with Gasteiger partial charge in [-0.25, -0.2) is 0 Å². The van der Waals surface area contributed by atoms with Gasteiger partial charge in [-0.15, -0.1) is 0 Å². The molecule has 1 aromatic rings. The van der Waals surface area contributed by atoms with Crippen molar-refractivity contribution in [1.82, 2.24) is 5.32 Å². The highest BCUT2D eigenvalue weighted by molar-refractivity contribution is 5.25. The fourth-order valence-corrected chi connectivity index (χ4v) is 2.90. The molecule has 0 aromatic heterocycles. The second-order valence-electron chi connectivity index (χ2n) is 6.54. The van der Waals surface area contributed by atoms with Gasteiger partial charge in [-0.1, -0.05) is 65.3 Å².